The first kappa shape index (κ1) is 29.3. The molecule has 208 valence electrons. The van der Waals surface area contributed by atoms with Crippen LogP contribution in [0.3, 0.4) is 0 Å². The zero-order valence-electron chi connectivity index (χ0n) is 22.1. The van der Waals surface area contributed by atoms with E-state index in [1.54, 1.807) is 72.3 Å². The molecule has 4 rings (SSSR count). The molecule has 40 heavy (non-hydrogen) atoms. The molecule has 0 spiro atoms. The molecule has 11 heteroatoms. The Morgan fingerprint density at radius 2 is 1.80 bits per heavy atom. The summed E-state index contributed by atoms with van der Waals surface area (Å²) in [5, 5.41) is 6.53. The average molecular weight is 626 g/mol. The number of thioether (sulfide) groups is 1. The number of aromatic nitrogens is 2. The summed E-state index contributed by atoms with van der Waals surface area (Å²) in [5.41, 5.74) is 2.29. The van der Waals surface area contributed by atoms with Crippen LogP contribution >= 0.6 is 27.7 Å². The normalized spacial score (nSPS) is 10.9. The second-order valence-electron chi connectivity index (χ2n) is 8.69. The Morgan fingerprint density at radius 3 is 2.50 bits per heavy atom. The fraction of sp³-hybridized carbons (Fsp3) is 0.241. The molecule has 0 aliphatic heterocycles. The summed E-state index contributed by atoms with van der Waals surface area (Å²) in [6.45, 7) is 3.54. The summed E-state index contributed by atoms with van der Waals surface area (Å²) < 4.78 is 12.7. The van der Waals surface area contributed by atoms with Crippen LogP contribution in [0.5, 0.6) is 5.75 Å². The van der Waals surface area contributed by atoms with Gasteiger partial charge in [0.15, 0.2) is 5.16 Å². The van der Waals surface area contributed by atoms with E-state index in [-0.39, 0.29) is 29.7 Å². The molecule has 0 aliphatic carbocycles. The van der Waals surface area contributed by atoms with Crippen molar-refractivity contribution in [1.82, 2.24) is 14.9 Å². The van der Waals surface area contributed by atoms with Gasteiger partial charge < -0.3 is 20.1 Å². The van der Waals surface area contributed by atoms with Crippen LogP contribution in [0.1, 0.15) is 22.8 Å². The number of hydrogen-bond donors (Lipinski definition) is 2. The number of nitrogens with one attached hydrogen (secondary N) is 2. The lowest BCUT2D eigenvalue weighted by atomic mass is 10.1. The van der Waals surface area contributed by atoms with Gasteiger partial charge in [-0.1, -0.05) is 39.8 Å². The fourth-order valence-corrected chi connectivity index (χ4v) is 5.02. The Balaban J connectivity index is 1.53. The lowest BCUT2D eigenvalue weighted by Crippen LogP contribution is -2.27. The summed E-state index contributed by atoms with van der Waals surface area (Å²) in [5.74, 6) is 0.357. The topological polar surface area (TPSA) is 112 Å². The van der Waals surface area contributed by atoms with Crippen molar-refractivity contribution in [3.05, 3.63) is 92.7 Å². The van der Waals surface area contributed by atoms with Gasteiger partial charge >= 0.3 is 0 Å². The number of carbonyl (C=O) groups excluding carboxylic acids is 2. The SMILES string of the molecule is CCOc1ccc(NC(=O)CSc2nc3ccc(Br)cc3c(=O)n2Cc2ccc(C(=O)NCCOC)cc2)cc1. The van der Waals surface area contributed by atoms with Crippen LogP contribution < -0.4 is 20.9 Å². The number of rotatable bonds is 12. The van der Waals surface area contributed by atoms with E-state index in [1.807, 2.05) is 13.0 Å². The fourth-order valence-electron chi connectivity index (χ4n) is 3.86. The van der Waals surface area contributed by atoms with E-state index in [9.17, 15) is 14.4 Å². The van der Waals surface area contributed by atoms with Crippen molar-refractivity contribution in [1.29, 1.82) is 0 Å². The van der Waals surface area contributed by atoms with Crippen molar-refractivity contribution in [2.24, 2.45) is 0 Å². The highest BCUT2D eigenvalue weighted by molar-refractivity contribution is 9.10. The molecule has 0 fully saturated rings. The molecule has 0 saturated carbocycles. The second kappa shape index (κ2) is 14.1. The van der Waals surface area contributed by atoms with Gasteiger partial charge in [0.2, 0.25) is 5.91 Å². The number of anilines is 1. The number of carbonyl (C=O) groups is 2. The predicted octanol–water partition coefficient (Wildman–Crippen LogP) is 4.71. The van der Waals surface area contributed by atoms with Crippen molar-refractivity contribution < 1.29 is 19.1 Å². The third kappa shape index (κ3) is 7.71. The minimum Gasteiger partial charge on any atom is -0.494 e. The minimum atomic E-state index is -0.227. The van der Waals surface area contributed by atoms with E-state index in [2.05, 4.69) is 26.6 Å². The van der Waals surface area contributed by atoms with E-state index >= 15 is 0 Å². The minimum absolute atomic E-state index is 0.0578. The monoisotopic (exact) mass is 624 g/mol. The highest BCUT2D eigenvalue weighted by Gasteiger charge is 2.15. The van der Waals surface area contributed by atoms with Gasteiger partial charge in [0, 0.05) is 29.4 Å². The van der Waals surface area contributed by atoms with Crippen molar-refractivity contribution in [2.75, 3.05) is 37.9 Å². The highest BCUT2D eigenvalue weighted by atomic mass is 79.9. The Hall–Kier alpha value is -3.67. The van der Waals surface area contributed by atoms with Crippen LogP contribution in [0.25, 0.3) is 10.9 Å². The molecular formula is C29H29BrN4O5S. The first-order valence-corrected chi connectivity index (χ1v) is 14.4. The third-order valence-corrected chi connectivity index (χ3v) is 7.28. The Bertz CT molecular complexity index is 1540. The maximum absolute atomic E-state index is 13.5. The van der Waals surface area contributed by atoms with Crippen LogP contribution in [0.2, 0.25) is 0 Å². The van der Waals surface area contributed by atoms with Crippen molar-refractivity contribution >= 4 is 56.1 Å². The number of hydrogen-bond acceptors (Lipinski definition) is 7. The van der Waals surface area contributed by atoms with Crippen molar-refractivity contribution in [3.63, 3.8) is 0 Å². The molecule has 1 aromatic heterocycles. The number of fused-ring (bicyclic) bond motifs is 1. The summed E-state index contributed by atoms with van der Waals surface area (Å²) in [4.78, 5) is 43.3. The van der Waals surface area contributed by atoms with Crippen molar-refractivity contribution in [2.45, 2.75) is 18.6 Å². The Morgan fingerprint density at radius 1 is 1.05 bits per heavy atom. The van der Waals surface area contributed by atoms with Gasteiger partial charge in [-0.15, -0.1) is 0 Å². The van der Waals surface area contributed by atoms with E-state index in [1.165, 1.54) is 11.8 Å². The number of amides is 2. The van der Waals surface area contributed by atoms with Crippen LogP contribution in [0, 0.1) is 0 Å². The lowest BCUT2D eigenvalue weighted by molar-refractivity contribution is -0.113. The molecule has 0 saturated heterocycles. The van der Waals surface area contributed by atoms with Crippen LogP contribution in [-0.4, -0.2) is 54.0 Å². The average Bonchev–Trinajstić information content (AvgIpc) is 2.95. The van der Waals surface area contributed by atoms with Gasteiger partial charge in [-0.3, -0.25) is 19.0 Å². The Kier molecular flexibility index (Phi) is 10.3. The van der Waals surface area contributed by atoms with Gasteiger partial charge in [0.25, 0.3) is 11.5 Å². The van der Waals surface area contributed by atoms with Gasteiger partial charge in [0.1, 0.15) is 5.75 Å². The quantitative estimate of drug-likeness (QED) is 0.133. The zero-order valence-corrected chi connectivity index (χ0v) is 24.5. The molecule has 2 amide bonds. The maximum atomic E-state index is 13.5. The smallest absolute Gasteiger partial charge is 0.262 e. The van der Waals surface area contributed by atoms with Gasteiger partial charge in [0.05, 0.1) is 36.4 Å². The molecule has 0 aliphatic rings. The number of nitrogens with zero attached hydrogens (tertiary/aromatic N) is 2. The third-order valence-electron chi connectivity index (χ3n) is 5.81. The molecule has 9 nitrogen and oxygen atoms in total. The molecule has 0 radical (unpaired) electrons. The molecular weight excluding hydrogens is 596 g/mol. The number of benzene rings is 3. The maximum Gasteiger partial charge on any atom is 0.262 e. The first-order chi connectivity index (χ1) is 19.4. The number of methoxy groups -OCH3 is 1. The summed E-state index contributed by atoms with van der Waals surface area (Å²) in [6.07, 6.45) is 0. The standard InChI is InChI=1S/C29H29BrN4O5S/c1-3-39-23-11-9-22(10-12-23)32-26(35)18-40-29-33-25-13-8-21(30)16-24(25)28(37)34(29)17-19-4-6-20(7-5-19)27(36)31-14-15-38-2/h4-13,16H,3,14-15,17-18H2,1-2H3,(H,31,36)(H,32,35). The van der Waals surface area contributed by atoms with E-state index in [0.29, 0.717) is 47.1 Å². The van der Waals surface area contributed by atoms with Crippen molar-refractivity contribution in [3.8, 4) is 5.75 Å². The number of ether oxygens (including phenoxy) is 2. The molecule has 1 heterocycles. The van der Waals surface area contributed by atoms with Crippen LogP contribution in [0.4, 0.5) is 5.69 Å². The highest BCUT2D eigenvalue weighted by Crippen LogP contribution is 2.22. The molecule has 2 N–H and O–H groups in total. The van der Waals surface area contributed by atoms with Gasteiger partial charge in [-0.25, -0.2) is 4.98 Å². The van der Waals surface area contributed by atoms with E-state index in [0.717, 1.165) is 15.8 Å². The summed E-state index contributed by atoms with van der Waals surface area (Å²) >= 11 is 4.61. The molecule has 0 unspecified atom stereocenters. The lowest BCUT2D eigenvalue weighted by Gasteiger charge is -2.14. The van der Waals surface area contributed by atoms with E-state index < -0.39 is 0 Å². The van der Waals surface area contributed by atoms with Crippen LogP contribution in [0.15, 0.2) is 81.2 Å². The molecule has 0 atom stereocenters. The van der Waals surface area contributed by atoms with E-state index in [4.69, 9.17) is 14.5 Å². The van der Waals surface area contributed by atoms with Crippen LogP contribution in [-0.2, 0) is 16.1 Å². The Labute approximate surface area is 244 Å². The molecule has 0 bridgehead atoms. The predicted molar refractivity (Wildman–Crippen MR) is 160 cm³/mol. The largest absolute Gasteiger partial charge is 0.494 e. The summed E-state index contributed by atoms with van der Waals surface area (Å²) in [6, 6.07) is 19.5. The first-order valence-electron chi connectivity index (χ1n) is 12.6. The second-order valence-corrected chi connectivity index (χ2v) is 10.5. The zero-order chi connectivity index (χ0) is 28.5. The number of halogens is 1. The van der Waals surface area contributed by atoms with Gasteiger partial charge in [-0.2, -0.15) is 0 Å². The summed E-state index contributed by atoms with van der Waals surface area (Å²) in [7, 11) is 1.57. The van der Waals surface area contributed by atoms with Gasteiger partial charge in [-0.05, 0) is 67.1 Å². The molecule has 4 aromatic rings. The molecule has 3 aromatic carbocycles.